The van der Waals surface area contributed by atoms with E-state index >= 15 is 0 Å². The number of hydrogen-bond acceptors (Lipinski definition) is 5. The van der Waals surface area contributed by atoms with E-state index in [4.69, 9.17) is 21.1 Å². The van der Waals surface area contributed by atoms with Gasteiger partial charge in [-0.05, 0) is 69.5 Å². The normalized spacial score (nSPS) is 10.7. The molecule has 0 radical (unpaired) electrons. The highest BCUT2D eigenvalue weighted by molar-refractivity contribution is 9.10. The van der Waals surface area contributed by atoms with Crippen molar-refractivity contribution >= 4 is 67.2 Å². The number of anilines is 1. The summed E-state index contributed by atoms with van der Waals surface area (Å²) >= 11 is 12.5. The van der Waals surface area contributed by atoms with Gasteiger partial charge in [-0.2, -0.15) is 5.10 Å². The highest BCUT2D eigenvalue weighted by Gasteiger charge is 2.16. The van der Waals surface area contributed by atoms with Crippen molar-refractivity contribution in [3.05, 3.63) is 85.5 Å². The average molecular weight is 614 g/mol. The van der Waals surface area contributed by atoms with Gasteiger partial charge in [0, 0.05) is 9.50 Å². The molecule has 0 spiro atoms. The predicted octanol–water partition coefficient (Wildman–Crippen LogP) is 5.68. The summed E-state index contributed by atoms with van der Waals surface area (Å²) in [6.45, 7) is 0.295. The Hall–Kier alpha value is -2.95. The third-order valence-corrected chi connectivity index (χ3v) is 5.65. The summed E-state index contributed by atoms with van der Waals surface area (Å²) in [5, 5.41) is 6.59. The van der Waals surface area contributed by atoms with Gasteiger partial charge < -0.3 is 14.8 Å². The maximum Gasteiger partial charge on any atom is 0.329 e. The SMILES string of the molecule is COc1cc(C=NNC(=O)C(=O)Nc2ccc(Br)cc2F)cc(Br)c1OCc1ccc(Cl)cc1. The topological polar surface area (TPSA) is 89.0 Å². The average Bonchev–Trinajstić information content (AvgIpc) is 2.80. The maximum absolute atomic E-state index is 13.8. The van der Waals surface area contributed by atoms with Crippen molar-refractivity contribution in [1.82, 2.24) is 5.43 Å². The highest BCUT2D eigenvalue weighted by Crippen LogP contribution is 2.37. The first-order valence-corrected chi connectivity index (χ1v) is 11.6. The number of benzene rings is 3. The number of amides is 2. The minimum Gasteiger partial charge on any atom is -0.493 e. The van der Waals surface area contributed by atoms with Crippen LogP contribution < -0.4 is 20.2 Å². The second kappa shape index (κ2) is 12.0. The van der Waals surface area contributed by atoms with Crippen LogP contribution in [0.3, 0.4) is 0 Å². The van der Waals surface area contributed by atoms with Crippen LogP contribution in [-0.2, 0) is 16.2 Å². The van der Waals surface area contributed by atoms with Gasteiger partial charge in [-0.3, -0.25) is 9.59 Å². The molecule has 0 saturated heterocycles. The van der Waals surface area contributed by atoms with Gasteiger partial charge in [0.15, 0.2) is 11.5 Å². The summed E-state index contributed by atoms with van der Waals surface area (Å²) < 4.78 is 26.2. The first-order valence-electron chi connectivity index (χ1n) is 9.61. The molecule has 0 aromatic heterocycles. The van der Waals surface area contributed by atoms with Gasteiger partial charge in [0.05, 0.1) is 23.5 Å². The van der Waals surface area contributed by atoms with Gasteiger partial charge in [0.25, 0.3) is 0 Å². The zero-order valence-corrected chi connectivity index (χ0v) is 21.5. The molecule has 2 amide bonds. The number of carbonyl (C=O) groups excluding carboxylic acids is 2. The first kappa shape index (κ1) is 25.7. The van der Waals surface area contributed by atoms with Crippen LogP contribution in [-0.4, -0.2) is 25.1 Å². The van der Waals surface area contributed by atoms with Gasteiger partial charge in [-0.25, -0.2) is 9.82 Å². The molecule has 0 bridgehead atoms. The fourth-order valence-electron chi connectivity index (χ4n) is 2.68. The fraction of sp³-hybridized carbons (Fsp3) is 0.0870. The van der Waals surface area contributed by atoms with Crippen LogP contribution in [0.1, 0.15) is 11.1 Å². The lowest BCUT2D eigenvalue weighted by Gasteiger charge is -2.13. The molecule has 176 valence electrons. The molecule has 7 nitrogen and oxygen atoms in total. The molecule has 0 aliphatic heterocycles. The van der Waals surface area contributed by atoms with E-state index in [2.05, 4.69) is 47.7 Å². The molecule has 3 rings (SSSR count). The van der Waals surface area contributed by atoms with Crippen LogP contribution in [0.4, 0.5) is 10.1 Å². The minimum atomic E-state index is -1.07. The molecular formula is C23H17Br2ClFN3O4. The summed E-state index contributed by atoms with van der Waals surface area (Å²) in [4.78, 5) is 23.9. The van der Waals surface area contributed by atoms with E-state index in [1.807, 2.05) is 12.1 Å². The Balaban J connectivity index is 1.62. The molecule has 0 aliphatic rings. The summed E-state index contributed by atoms with van der Waals surface area (Å²) in [6, 6.07) is 14.6. The Labute approximate surface area is 216 Å². The van der Waals surface area contributed by atoms with Crippen LogP contribution >= 0.6 is 43.5 Å². The second-order valence-electron chi connectivity index (χ2n) is 6.73. The monoisotopic (exact) mass is 611 g/mol. The minimum absolute atomic E-state index is 0.129. The number of methoxy groups -OCH3 is 1. The standard InChI is InChI=1S/C23H17Br2ClFN3O4/c1-33-20-9-14(8-17(25)21(20)34-12-13-2-5-16(26)6-3-13)11-28-30-23(32)22(31)29-19-7-4-15(24)10-18(19)27/h2-11H,12H2,1H3,(H,29,31)(H,30,32). The molecule has 0 unspecified atom stereocenters. The highest BCUT2D eigenvalue weighted by atomic mass is 79.9. The van der Waals surface area contributed by atoms with E-state index in [0.29, 0.717) is 37.6 Å². The molecule has 0 aliphatic carbocycles. The van der Waals surface area contributed by atoms with Crippen molar-refractivity contribution < 1.29 is 23.5 Å². The largest absolute Gasteiger partial charge is 0.493 e. The predicted molar refractivity (Wildman–Crippen MR) is 135 cm³/mol. The lowest BCUT2D eigenvalue weighted by Crippen LogP contribution is -2.32. The molecule has 34 heavy (non-hydrogen) atoms. The van der Waals surface area contributed by atoms with Gasteiger partial charge in [-0.15, -0.1) is 0 Å². The maximum atomic E-state index is 13.8. The Kier molecular flexibility index (Phi) is 9.03. The Morgan fingerprint density at radius 3 is 2.50 bits per heavy atom. The van der Waals surface area contributed by atoms with Crippen molar-refractivity contribution in [2.75, 3.05) is 12.4 Å². The number of hydrogen-bond donors (Lipinski definition) is 2. The molecular weight excluding hydrogens is 597 g/mol. The van der Waals surface area contributed by atoms with E-state index in [1.54, 1.807) is 24.3 Å². The first-order chi connectivity index (χ1) is 16.3. The number of halogens is 4. The van der Waals surface area contributed by atoms with Gasteiger partial charge in [0.2, 0.25) is 0 Å². The summed E-state index contributed by atoms with van der Waals surface area (Å²) in [6.07, 6.45) is 1.32. The van der Waals surface area contributed by atoms with Gasteiger partial charge in [0.1, 0.15) is 12.4 Å². The summed E-state index contributed by atoms with van der Waals surface area (Å²) in [5.74, 6) is -1.90. The van der Waals surface area contributed by atoms with Crippen LogP contribution in [0.25, 0.3) is 0 Å². The lowest BCUT2D eigenvalue weighted by atomic mass is 10.2. The van der Waals surface area contributed by atoms with E-state index in [9.17, 15) is 14.0 Å². The molecule has 0 heterocycles. The molecule has 0 atom stereocenters. The third kappa shape index (κ3) is 7.02. The number of rotatable bonds is 7. The smallest absolute Gasteiger partial charge is 0.329 e. The van der Waals surface area contributed by atoms with Crippen molar-refractivity contribution in [1.29, 1.82) is 0 Å². The second-order valence-corrected chi connectivity index (χ2v) is 8.93. The number of carbonyl (C=O) groups is 2. The van der Waals surface area contributed by atoms with E-state index < -0.39 is 17.6 Å². The van der Waals surface area contributed by atoms with Crippen LogP contribution in [0.2, 0.25) is 5.02 Å². The zero-order chi connectivity index (χ0) is 24.7. The number of nitrogens with one attached hydrogen (secondary N) is 2. The van der Waals surface area contributed by atoms with E-state index in [-0.39, 0.29) is 5.69 Å². The van der Waals surface area contributed by atoms with E-state index in [1.165, 1.54) is 31.5 Å². The van der Waals surface area contributed by atoms with Crippen molar-refractivity contribution in [3.8, 4) is 11.5 Å². The zero-order valence-electron chi connectivity index (χ0n) is 17.6. The fourth-order valence-corrected chi connectivity index (χ4v) is 3.71. The number of nitrogens with zero attached hydrogens (tertiary/aromatic N) is 1. The van der Waals surface area contributed by atoms with Crippen LogP contribution in [0, 0.1) is 5.82 Å². The molecule has 11 heteroatoms. The van der Waals surface area contributed by atoms with Gasteiger partial charge in [-0.1, -0.05) is 39.7 Å². The van der Waals surface area contributed by atoms with Crippen molar-refractivity contribution in [3.63, 3.8) is 0 Å². The molecule has 0 saturated carbocycles. The Morgan fingerprint density at radius 2 is 1.82 bits per heavy atom. The third-order valence-electron chi connectivity index (χ3n) is 4.31. The van der Waals surface area contributed by atoms with Crippen molar-refractivity contribution in [2.24, 2.45) is 5.10 Å². The Morgan fingerprint density at radius 1 is 1.09 bits per heavy atom. The Bertz CT molecular complexity index is 1240. The molecule has 3 aromatic carbocycles. The molecule has 0 fully saturated rings. The van der Waals surface area contributed by atoms with Crippen LogP contribution in [0.15, 0.2) is 68.6 Å². The van der Waals surface area contributed by atoms with E-state index in [0.717, 1.165) is 5.56 Å². The quantitative estimate of drug-likeness (QED) is 0.204. The summed E-state index contributed by atoms with van der Waals surface area (Å²) in [5.41, 5.74) is 3.45. The van der Waals surface area contributed by atoms with Crippen molar-refractivity contribution in [2.45, 2.75) is 6.61 Å². The number of ether oxygens (including phenoxy) is 2. The number of hydrazone groups is 1. The lowest BCUT2D eigenvalue weighted by molar-refractivity contribution is -0.136. The molecule has 2 N–H and O–H groups in total. The summed E-state index contributed by atoms with van der Waals surface area (Å²) in [7, 11) is 1.49. The molecule has 3 aromatic rings. The van der Waals surface area contributed by atoms with Gasteiger partial charge >= 0.3 is 11.8 Å². The van der Waals surface area contributed by atoms with Crippen LogP contribution in [0.5, 0.6) is 11.5 Å².